The van der Waals surface area contributed by atoms with Crippen LogP contribution in [0.2, 0.25) is 0 Å². The summed E-state index contributed by atoms with van der Waals surface area (Å²) in [6, 6.07) is 14.5. The SMILES string of the molecule is CCOC(=O)C1=C(C)N=C2SC(=Cc3ccc(C)c(Br)c3)CN2C1c1ccc(N(C)C)cc1. The molecule has 5 nitrogen and oxygen atoms in total. The average molecular weight is 527 g/mol. The monoisotopic (exact) mass is 525 g/mol. The Balaban J connectivity index is 1.72. The molecule has 0 aromatic heterocycles. The number of aryl methyl sites for hydroxylation is 1. The van der Waals surface area contributed by atoms with E-state index in [0.717, 1.165) is 26.5 Å². The molecule has 172 valence electrons. The first-order valence-electron chi connectivity index (χ1n) is 10.9. The molecule has 0 bridgehead atoms. The highest BCUT2D eigenvalue weighted by Crippen LogP contribution is 2.44. The van der Waals surface area contributed by atoms with Gasteiger partial charge >= 0.3 is 5.97 Å². The molecule has 0 radical (unpaired) electrons. The van der Waals surface area contributed by atoms with Crippen molar-refractivity contribution in [1.29, 1.82) is 0 Å². The molecule has 33 heavy (non-hydrogen) atoms. The van der Waals surface area contributed by atoms with Gasteiger partial charge in [0.25, 0.3) is 0 Å². The molecule has 1 atom stereocenters. The van der Waals surface area contributed by atoms with Crippen LogP contribution in [0.1, 0.15) is 36.6 Å². The summed E-state index contributed by atoms with van der Waals surface area (Å²) in [6.07, 6.45) is 2.20. The van der Waals surface area contributed by atoms with E-state index in [0.29, 0.717) is 24.4 Å². The van der Waals surface area contributed by atoms with Crippen molar-refractivity contribution >= 4 is 50.6 Å². The number of amidine groups is 1. The first-order valence-corrected chi connectivity index (χ1v) is 12.5. The summed E-state index contributed by atoms with van der Waals surface area (Å²) in [5.41, 5.74) is 5.83. The van der Waals surface area contributed by atoms with Crippen LogP contribution in [-0.4, -0.2) is 43.3 Å². The maximum atomic E-state index is 13.0. The Labute approximate surface area is 208 Å². The standard InChI is InChI=1S/C26H28BrN3O2S/c1-6-32-25(31)23-17(3)28-26-30(24(23)19-9-11-20(12-10-19)29(4)5)15-21(33-26)13-18-8-7-16(2)22(27)14-18/h7-14,24H,6,15H2,1-5H3. The minimum absolute atomic E-state index is 0.240. The highest BCUT2D eigenvalue weighted by atomic mass is 79.9. The van der Waals surface area contributed by atoms with Crippen LogP contribution in [0.3, 0.4) is 0 Å². The fourth-order valence-corrected chi connectivity index (χ4v) is 5.52. The number of hydrogen-bond donors (Lipinski definition) is 0. The zero-order valence-corrected chi connectivity index (χ0v) is 22.0. The maximum absolute atomic E-state index is 13.0. The molecule has 0 N–H and O–H groups in total. The molecule has 1 saturated heterocycles. The van der Waals surface area contributed by atoms with Crippen molar-refractivity contribution in [3.05, 3.63) is 79.8 Å². The second-order valence-corrected chi connectivity index (χ2v) is 10.3. The third kappa shape index (κ3) is 4.89. The molecule has 2 aromatic carbocycles. The van der Waals surface area contributed by atoms with Gasteiger partial charge in [0.05, 0.1) is 30.5 Å². The predicted molar refractivity (Wildman–Crippen MR) is 141 cm³/mol. The van der Waals surface area contributed by atoms with Gasteiger partial charge in [-0.1, -0.05) is 52.0 Å². The zero-order valence-electron chi connectivity index (χ0n) is 19.6. The second kappa shape index (κ2) is 9.77. The number of aliphatic imine (C=N–C) groups is 1. The van der Waals surface area contributed by atoms with Crippen LogP contribution < -0.4 is 4.90 Å². The van der Waals surface area contributed by atoms with Gasteiger partial charge < -0.3 is 14.5 Å². The van der Waals surface area contributed by atoms with Crippen molar-refractivity contribution in [3.63, 3.8) is 0 Å². The smallest absolute Gasteiger partial charge is 0.338 e. The van der Waals surface area contributed by atoms with Crippen LogP contribution in [0.25, 0.3) is 6.08 Å². The van der Waals surface area contributed by atoms with Gasteiger partial charge in [0.2, 0.25) is 0 Å². The van der Waals surface area contributed by atoms with Crippen LogP contribution in [0.5, 0.6) is 0 Å². The van der Waals surface area contributed by atoms with E-state index >= 15 is 0 Å². The van der Waals surface area contributed by atoms with Gasteiger partial charge in [-0.2, -0.15) is 0 Å². The molecule has 2 aliphatic heterocycles. The number of hydrogen-bond acceptors (Lipinski definition) is 6. The largest absolute Gasteiger partial charge is 0.463 e. The minimum Gasteiger partial charge on any atom is -0.463 e. The minimum atomic E-state index is -0.301. The lowest BCUT2D eigenvalue weighted by molar-refractivity contribution is -0.139. The number of esters is 1. The Morgan fingerprint density at radius 3 is 2.61 bits per heavy atom. The van der Waals surface area contributed by atoms with Gasteiger partial charge in [-0.05, 0) is 61.7 Å². The molecule has 0 amide bonds. The van der Waals surface area contributed by atoms with Crippen molar-refractivity contribution in [2.75, 3.05) is 32.1 Å². The van der Waals surface area contributed by atoms with E-state index < -0.39 is 0 Å². The van der Waals surface area contributed by atoms with Crippen LogP contribution in [0, 0.1) is 6.92 Å². The molecular weight excluding hydrogens is 498 g/mol. The number of rotatable bonds is 5. The first kappa shape index (κ1) is 23.6. The third-order valence-corrected chi connectivity index (χ3v) is 7.65. The van der Waals surface area contributed by atoms with E-state index in [-0.39, 0.29) is 12.0 Å². The Bertz CT molecular complexity index is 1170. The molecule has 0 saturated carbocycles. The van der Waals surface area contributed by atoms with Gasteiger partial charge in [-0.15, -0.1) is 0 Å². The summed E-state index contributed by atoms with van der Waals surface area (Å²) in [5, 5.41) is 0.916. The lowest BCUT2D eigenvalue weighted by Gasteiger charge is -2.34. The van der Waals surface area contributed by atoms with Gasteiger partial charge in [0.15, 0.2) is 5.17 Å². The lowest BCUT2D eigenvalue weighted by Crippen LogP contribution is -2.36. The van der Waals surface area contributed by atoms with Crippen molar-refractivity contribution in [1.82, 2.24) is 4.90 Å². The number of carbonyl (C=O) groups is 1. The van der Waals surface area contributed by atoms with Crippen molar-refractivity contribution < 1.29 is 9.53 Å². The lowest BCUT2D eigenvalue weighted by atomic mass is 9.94. The second-order valence-electron chi connectivity index (χ2n) is 8.35. The molecule has 7 heteroatoms. The molecule has 0 aliphatic carbocycles. The van der Waals surface area contributed by atoms with Crippen LogP contribution in [-0.2, 0) is 9.53 Å². The van der Waals surface area contributed by atoms with E-state index in [4.69, 9.17) is 9.73 Å². The third-order valence-electron chi connectivity index (χ3n) is 5.78. The van der Waals surface area contributed by atoms with Gasteiger partial charge in [-0.3, -0.25) is 0 Å². The maximum Gasteiger partial charge on any atom is 0.338 e. The number of anilines is 1. The number of fused-ring (bicyclic) bond motifs is 1. The molecule has 1 fully saturated rings. The highest BCUT2D eigenvalue weighted by Gasteiger charge is 2.40. The Morgan fingerprint density at radius 2 is 1.97 bits per heavy atom. The summed E-state index contributed by atoms with van der Waals surface area (Å²) >= 11 is 5.29. The summed E-state index contributed by atoms with van der Waals surface area (Å²) in [6.45, 7) is 6.83. The number of nitrogens with zero attached hydrogens (tertiary/aromatic N) is 3. The fraction of sp³-hybridized carbons (Fsp3) is 0.308. The molecule has 1 unspecified atom stereocenters. The highest BCUT2D eigenvalue weighted by molar-refractivity contribution is 9.10. The Kier molecular flexibility index (Phi) is 7.00. The fourth-order valence-electron chi connectivity index (χ4n) is 4.02. The van der Waals surface area contributed by atoms with Gasteiger partial charge in [0, 0.05) is 29.2 Å². The topological polar surface area (TPSA) is 45.1 Å². The quantitative estimate of drug-likeness (QED) is 0.437. The summed E-state index contributed by atoms with van der Waals surface area (Å²) in [5.74, 6) is -0.301. The van der Waals surface area contributed by atoms with E-state index in [1.54, 1.807) is 11.8 Å². The van der Waals surface area contributed by atoms with Crippen molar-refractivity contribution in [2.45, 2.75) is 26.8 Å². The predicted octanol–water partition coefficient (Wildman–Crippen LogP) is 6.16. The number of benzene rings is 2. The molecule has 0 spiro atoms. The van der Waals surface area contributed by atoms with Gasteiger partial charge in [0.1, 0.15) is 0 Å². The Hall–Kier alpha value is -2.51. The number of allylic oxidation sites excluding steroid dienone is 1. The van der Waals surface area contributed by atoms with Crippen LogP contribution >= 0.6 is 27.7 Å². The zero-order chi connectivity index (χ0) is 23.7. The average Bonchev–Trinajstić information content (AvgIpc) is 3.17. The first-order chi connectivity index (χ1) is 15.8. The van der Waals surface area contributed by atoms with Crippen LogP contribution in [0.4, 0.5) is 5.69 Å². The molecule has 2 heterocycles. The molecular formula is C26H28BrN3O2S. The number of thioether (sulfide) groups is 1. The van der Waals surface area contributed by atoms with Crippen LogP contribution in [0.15, 0.2) is 68.1 Å². The van der Waals surface area contributed by atoms with E-state index in [1.807, 2.05) is 27.9 Å². The number of halogens is 1. The van der Waals surface area contributed by atoms with Crippen molar-refractivity contribution in [2.24, 2.45) is 4.99 Å². The molecule has 2 aliphatic rings. The molecule has 4 rings (SSSR count). The summed E-state index contributed by atoms with van der Waals surface area (Å²) in [7, 11) is 4.04. The number of ether oxygens (including phenoxy) is 1. The summed E-state index contributed by atoms with van der Waals surface area (Å²) in [4.78, 5) is 23.3. The molecule has 2 aromatic rings. The Morgan fingerprint density at radius 1 is 1.24 bits per heavy atom. The summed E-state index contributed by atoms with van der Waals surface area (Å²) < 4.78 is 6.53. The van der Waals surface area contributed by atoms with Crippen molar-refractivity contribution in [3.8, 4) is 0 Å². The normalized spacial score (nSPS) is 19.0. The van der Waals surface area contributed by atoms with Gasteiger partial charge in [-0.25, -0.2) is 9.79 Å². The number of carbonyl (C=O) groups excluding carboxylic acids is 1. The van der Waals surface area contributed by atoms with E-state index in [2.05, 4.69) is 81.2 Å². The van der Waals surface area contributed by atoms with E-state index in [1.165, 1.54) is 10.5 Å². The van der Waals surface area contributed by atoms with E-state index in [9.17, 15) is 4.79 Å².